The summed E-state index contributed by atoms with van der Waals surface area (Å²) in [6, 6.07) is 21.2. The van der Waals surface area contributed by atoms with Gasteiger partial charge in [0.25, 0.3) is 0 Å². The van der Waals surface area contributed by atoms with Gasteiger partial charge in [0.15, 0.2) is 0 Å². The Kier molecular flexibility index (Phi) is 18.6. The monoisotopic (exact) mass is 632 g/mol. The van der Waals surface area contributed by atoms with Crippen LogP contribution in [0.4, 0.5) is 0 Å². The van der Waals surface area contributed by atoms with Gasteiger partial charge >= 0.3 is 108 Å². The summed E-state index contributed by atoms with van der Waals surface area (Å²) in [7, 11) is 10.4. The Bertz CT molecular complexity index is 741. The van der Waals surface area contributed by atoms with Crippen LogP contribution in [0.15, 0.2) is 106 Å². The quantitative estimate of drug-likeness (QED) is 0.183. The molecule has 0 spiro atoms. The van der Waals surface area contributed by atoms with Crippen molar-refractivity contribution in [1.29, 1.82) is 0 Å². The molecule has 30 heavy (non-hydrogen) atoms. The number of rotatable bonds is 4. The summed E-state index contributed by atoms with van der Waals surface area (Å²) < 4.78 is 3.11. The van der Waals surface area contributed by atoms with Gasteiger partial charge in [-0.2, -0.15) is 0 Å². The summed E-state index contributed by atoms with van der Waals surface area (Å²) in [4.78, 5) is 0. The summed E-state index contributed by atoms with van der Waals surface area (Å²) in [6.45, 7) is 0. The van der Waals surface area contributed by atoms with Gasteiger partial charge in [-0.15, -0.1) is 23.2 Å². The average Bonchev–Trinajstić information content (AvgIpc) is 3.46. The zero-order chi connectivity index (χ0) is 21.9. The van der Waals surface area contributed by atoms with Crippen LogP contribution in [-0.4, -0.2) is 5.34 Å². The molecule has 0 nitrogen and oxygen atoms in total. The molecular formula is C23H23Cl4FePPd. The van der Waals surface area contributed by atoms with Crippen molar-refractivity contribution in [2.75, 3.05) is 5.34 Å². The van der Waals surface area contributed by atoms with E-state index in [-0.39, 0.29) is 21.3 Å². The summed E-state index contributed by atoms with van der Waals surface area (Å²) in [6.07, 6.45) is 15.5. The first-order chi connectivity index (χ1) is 14.7. The molecule has 0 saturated carbocycles. The van der Waals surface area contributed by atoms with Crippen molar-refractivity contribution in [2.24, 2.45) is 0 Å². The Balaban J connectivity index is 0.000000240. The van der Waals surface area contributed by atoms with E-state index in [0.29, 0.717) is 0 Å². The molecule has 0 aromatic heterocycles. The normalized spacial score (nSPS) is 13.3. The van der Waals surface area contributed by atoms with E-state index in [1.165, 1.54) is 25.6 Å². The van der Waals surface area contributed by atoms with Crippen LogP contribution in [0, 0.1) is 0 Å². The van der Waals surface area contributed by atoms with Crippen LogP contribution in [0.3, 0.4) is 0 Å². The molecule has 0 bridgehead atoms. The Morgan fingerprint density at radius 1 is 0.733 bits per heavy atom. The third-order valence-electron chi connectivity index (χ3n) is 3.50. The molecule has 2 aromatic carbocycles. The van der Waals surface area contributed by atoms with Gasteiger partial charge < -0.3 is 0 Å². The van der Waals surface area contributed by atoms with E-state index in [9.17, 15) is 0 Å². The van der Waals surface area contributed by atoms with E-state index < -0.39 is 0 Å². The minimum absolute atomic E-state index is 0.106. The van der Waals surface area contributed by atoms with E-state index in [0.717, 1.165) is 21.4 Å². The number of hydrogen-bond acceptors (Lipinski definition) is 0. The Morgan fingerprint density at radius 3 is 1.40 bits per heavy atom. The predicted molar refractivity (Wildman–Crippen MR) is 132 cm³/mol. The SMILES string of the molecule is C1=CC[C]([Fe][C]2=CC=CC2)=C1.ClCCl.[Cl][Pd][Cl].c1ccc(Pc2ccccc2)cc1. The predicted octanol–water partition coefficient (Wildman–Crippen LogP) is 7.87. The molecule has 2 aromatic rings. The summed E-state index contributed by atoms with van der Waals surface area (Å²) in [5.41, 5.74) is 0. The van der Waals surface area contributed by atoms with Gasteiger partial charge in [-0.25, -0.2) is 0 Å². The first kappa shape index (κ1) is 28.2. The van der Waals surface area contributed by atoms with Crippen LogP contribution < -0.4 is 10.6 Å². The average molecular weight is 634 g/mol. The first-order valence-electron chi connectivity index (χ1n) is 8.88. The molecule has 2 aliphatic rings. The van der Waals surface area contributed by atoms with Gasteiger partial charge in [-0.1, -0.05) is 69.2 Å². The van der Waals surface area contributed by atoms with Crippen molar-refractivity contribution >= 4 is 61.4 Å². The molecule has 166 valence electrons. The van der Waals surface area contributed by atoms with Gasteiger partial charge in [-0.05, 0) is 10.6 Å². The van der Waals surface area contributed by atoms with E-state index in [1.807, 2.05) is 0 Å². The molecule has 0 atom stereocenters. The fourth-order valence-electron chi connectivity index (χ4n) is 2.32. The van der Waals surface area contributed by atoms with Crippen molar-refractivity contribution in [1.82, 2.24) is 0 Å². The number of benzene rings is 2. The second-order valence-electron chi connectivity index (χ2n) is 5.55. The fraction of sp³-hybridized carbons (Fsp3) is 0.130. The Morgan fingerprint density at radius 2 is 1.10 bits per heavy atom. The summed E-state index contributed by atoms with van der Waals surface area (Å²) >= 11 is 10.6. The smallest absolute Gasteiger partial charge is 0.0226 e. The van der Waals surface area contributed by atoms with Crippen molar-refractivity contribution in [3.05, 3.63) is 106 Å². The molecule has 7 heteroatoms. The summed E-state index contributed by atoms with van der Waals surface area (Å²) in [5, 5.41) is 2.99. The Hall–Kier alpha value is 0.172. The van der Waals surface area contributed by atoms with Crippen LogP contribution in [-0.2, 0) is 30.9 Å². The molecule has 0 N–H and O–H groups in total. The molecule has 0 aliphatic heterocycles. The zero-order valence-electron chi connectivity index (χ0n) is 16.0. The molecule has 4 rings (SSSR count). The van der Waals surface area contributed by atoms with Crippen LogP contribution in [0.5, 0.6) is 0 Å². The molecule has 2 aliphatic carbocycles. The third-order valence-corrected chi connectivity index (χ3v) is 6.27. The number of halogens is 4. The minimum atomic E-state index is -0.106. The van der Waals surface area contributed by atoms with Gasteiger partial charge in [0, 0.05) is 0 Å². The van der Waals surface area contributed by atoms with E-state index in [4.69, 9.17) is 42.3 Å². The van der Waals surface area contributed by atoms with Gasteiger partial charge in [-0.3, -0.25) is 0 Å². The first-order valence-corrected chi connectivity index (χ1v) is 16.1. The molecule has 0 heterocycles. The fourth-order valence-corrected chi connectivity index (χ4v) is 4.71. The molecule has 0 amide bonds. The standard InChI is InChI=1S/C12H11P.2C5H5.CH2Cl2.2ClH.Fe.Pd/c1-3-7-11(8-4-1)13-12-9-5-2-6-10-12;2*1-2-4-5-3-1;2-1-3;;;;/h1-10,13H;2*1-3H,4H2;1H2;2*1H;;/q;;;;;;;+2/p-2. The molecule has 0 fully saturated rings. The van der Waals surface area contributed by atoms with Crippen molar-refractivity contribution in [2.45, 2.75) is 12.8 Å². The minimum Gasteiger partial charge on any atom is -0.0622 e. The summed E-state index contributed by atoms with van der Waals surface area (Å²) in [5.74, 6) is 0. The van der Waals surface area contributed by atoms with Crippen molar-refractivity contribution in [3.63, 3.8) is 0 Å². The third kappa shape index (κ3) is 14.3. The zero-order valence-corrected chi connectivity index (χ0v) is 22.7. The van der Waals surface area contributed by atoms with Crippen molar-refractivity contribution in [3.8, 4) is 0 Å². The molecule has 0 saturated heterocycles. The number of allylic oxidation sites excluding steroid dienone is 8. The van der Waals surface area contributed by atoms with E-state index in [2.05, 4.69) is 97.1 Å². The van der Waals surface area contributed by atoms with E-state index in [1.54, 1.807) is 8.94 Å². The molecule has 0 unspecified atom stereocenters. The van der Waals surface area contributed by atoms with Crippen molar-refractivity contribution < 1.29 is 30.9 Å². The van der Waals surface area contributed by atoms with E-state index >= 15 is 0 Å². The Labute approximate surface area is 214 Å². The molecule has 0 radical (unpaired) electrons. The maximum Gasteiger partial charge on any atom is -0.0226 e. The topological polar surface area (TPSA) is 0 Å². The maximum absolute atomic E-state index is 4.81. The number of alkyl halides is 2. The largest absolute Gasteiger partial charge is 0.0622 e. The van der Waals surface area contributed by atoms with Crippen LogP contribution >= 0.6 is 50.8 Å². The maximum atomic E-state index is 4.81. The van der Waals surface area contributed by atoms with Crippen LogP contribution in [0.25, 0.3) is 0 Å². The second kappa shape index (κ2) is 19.8. The van der Waals surface area contributed by atoms with Gasteiger partial charge in [0.2, 0.25) is 0 Å². The van der Waals surface area contributed by atoms with Gasteiger partial charge in [0.05, 0.1) is 5.34 Å². The second-order valence-corrected chi connectivity index (χ2v) is 11.8. The molecular weight excluding hydrogens is 611 g/mol. The van der Waals surface area contributed by atoms with Crippen LogP contribution in [0.1, 0.15) is 12.8 Å². The van der Waals surface area contributed by atoms with Gasteiger partial charge in [0.1, 0.15) is 0 Å². The number of hydrogen-bond donors (Lipinski definition) is 0. The van der Waals surface area contributed by atoms with Crippen LogP contribution in [0.2, 0.25) is 0 Å².